The van der Waals surface area contributed by atoms with Crippen LogP contribution in [-0.4, -0.2) is 0 Å². The van der Waals surface area contributed by atoms with Gasteiger partial charge in [-0.3, -0.25) is 0 Å². The maximum absolute atomic E-state index is 2.22. The van der Waals surface area contributed by atoms with Crippen LogP contribution in [0.4, 0.5) is 0 Å². The van der Waals surface area contributed by atoms with E-state index in [0.29, 0.717) is 0 Å². The van der Waals surface area contributed by atoms with E-state index in [9.17, 15) is 0 Å². The molecule has 0 amide bonds. The molecular formula is C11H26. The van der Waals surface area contributed by atoms with E-state index in [4.69, 9.17) is 0 Å². The van der Waals surface area contributed by atoms with Crippen LogP contribution in [0.5, 0.6) is 0 Å². The normalized spacial score (nSPS) is 11.4. The highest BCUT2D eigenvalue weighted by Crippen LogP contribution is 2.00. The zero-order valence-electron chi connectivity index (χ0n) is 8.15. The largest absolute Gasteiger partial charge is 0.0914 e. The van der Waals surface area contributed by atoms with Gasteiger partial charge in [-0.05, 0) is 12.8 Å². The molecule has 0 heterocycles. The summed E-state index contributed by atoms with van der Waals surface area (Å²) in [6.45, 7) is 10.7. The Morgan fingerprint density at radius 3 is 1.64 bits per heavy atom. The van der Waals surface area contributed by atoms with Crippen LogP contribution in [0, 0.1) is 5.92 Å². The predicted molar refractivity (Wildman–Crippen MR) is 57.0 cm³/mol. The zero-order valence-corrected chi connectivity index (χ0v) is 8.15. The highest BCUT2D eigenvalue weighted by atomic mass is 13.9. The minimum Gasteiger partial charge on any atom is -0.0914 e. The molecular weight excluding hydrogens is 132 g/mol. The highest BCUT2D eigenvalue weighted by molar-refractivity contribution is 4.81. The Morgan fingerprint density at radius 1 is 1.18 bits per heavy atom. The van der Waals surface area contributed by atoms with Crippen molar-refractivity contribution in [3.8, 4) is 0 Å². The lowest BCUT2D eigenvalue weighted by atomic mass is 10.1. The van der Waals surface area contributed by atoms with E-state index in [2.05, 4.69) is 46.8 Å². The lowest BCUT2D eigenvalue weighted by Gasteiger charge is -1.95. The Labute approximate surface area is 73.7 Å². The van der Waals surface area contributed by atoms with Gasteiger partial charge in [-0.25, -0.2) is 0 Å². The van der Waals surface area contributed by atoms with Crippen molar-refractivity contribution in [3.05, 3.63) is 12.2 Å². The van der Waals surface area contributed by atoms with Crippen molar-refractivity contribution < 1.29 is 0 Å². The molecule has 11 heavy (non-hydrogen) atoms. The molecule has 0 fully saturated rings. The minimum atomic E-state index is 0. The lowest BCUT2D eigenvalue weighted by Crippen LogP contribution is -1.81. The van der Waals surface area contributed by atoms with Gasteiger partial charge in [0.15, 0.2) is 0 Å². The molecule has 0 saturated carbocycles. The third-order valence-corrected chi connectivity index (χ3v) is 1.16. The molecule has 0 nitrogen and oxygen atoms in total. The molecule has 0 aromatic heterocycles. The molecule has 0 spiro atoms. The van der Waals surface area contributed by atoms with E-state index in [0.717, 1.165) is 5.92 Å². The third-order valence-electron chi connectivity index (χ3n) is 1.16. The van der Waals surface area contributed by atoms with Crippen molar-refractivity contribution in [1.29, 1.82) is 0 Å². The Balaban J connectivity index is -0.000000140. The van der Waals surface area contributed by atoms with Gasteiger partial charge < -0.3 is 0 Å². The summed E-state index contributed by atoms with van der Waals surface area (Å²) >= 11 is 0. The second-order valence-corrected chi connectivity index (χ2v) is 2.62. The third kappa shape index (κ3) is 26.0. The van der Waals surface area contributed by atoms with Crippen molar-refractivity contribution in [1.82, 2.24) is 0 Å². The van der Waals surface area contributed by atoms with Crippen molar-refractivity contribution in [2.45, 2.75) is 54.9 Å². The van der Waals surface area contributed by atoms with E-state index in [1.807, 2.05) is 0 Å². The fourth-order valence-electron chi connectivity index (χ4n) is 0.465. The minimum absolute atomic E-state index is 0. The van der Waals surface area contributed by atoms with Gasteiger partial charge in [0.2, 0.25) is 0 Å². The topological polar surface area (TPSA) is 0 Å². The van der Waals surface area contributed by atoms with Crippen LogP contribution in [0.3, 0.4) is 0 Å². The number of hydrogen-bond acceptors (Lipinski definition) is 0. The molecule has 0 radical (unpaired) electrons. The average Bonchev–Trinajstić information content (AvgIpc) is 1.90. The maximum atomic E-state index is 2.22. The average molecular weight is 158 g/mol. The second kappa shape index (κ2) is 16.4. The molecule has 0 aliphatic carbocycles. The maximum Gasteiger partial charge on any atom is -0.0265 e. The standard InChI is InChI=1S/C7H14.C3H8.CH4/c1-4-6-7(3)5-2;1-3-2;/h4,6-7H,5H2,1-3H3;3H2,1-2H3;1H4/b6-4-;;. The van der Waals surface area contributed by atoms with E-state index < -0.39 is 0 Å². The van der Waals surface area contributed by atoms with E-state index in [1.165, 1.54) is 12.8 Å². The Morgan fingerprint density at radius 2 is 1.55 bits per heavy atom. The van der Waals surface area contributed by atoms with Gasteiger partial charge in [0.05, 0.1) is 0 Å². The first kappa shape index (κ1) is 17.0. The van der Waals surface area contributed by atoms with Gasteiger partial charge in [0.25, 0.3) is 0 Å². The summed E-state index contributed by atoms with van der Waals surface area (Å²) < 4.78 is 0. The molecule has 0 aliphatic rings. The fourth-order valence-corrected chi connectivity index (χ4v) is 0.465. The highest BCUT2D eigenvalue weighted by Gasteiger charge is 1.85. The van der Waals surface area contributed by atoms with Crippen molar-refractivity contribution in [2.75, 3.05) is 0 Å². The van der Waals surface area contributed by atoms with Crippen LogP contribution in [0.15, 0.2) is 12.2 Å². The van der Waals surface area contributed by atoms with Crippen LogP contribution >= 0.6 is 0 Å². The smallest absolute Gasteiger partial charge is 0.0265 e. The summed E-state index contributed by atoms with van der Waals surface area (Å²) in [5, 5.41) is 0. The lowest BCUT2D eigenvalue weighted by molar-refractivity contribution is 0.697. The van der Waals surface area contributed by atoms with Gasteiger partial charge in [-0.1, -0.05) is 60.1 Å². The number of allylic oxidation sites excluding steroid dienone is 2. The summed E-state index contributed by atoms with van der Waals surface area (Å²) in [5.74, 6) is 0.769. The molecule has 0 aromatic carbocycles. The Bertz CT molecular complexity index is 62.4. The van der Waals surface area contributed by atoms with E-state index in [1.54, 1.807) is 0 Å². The summed E-state index contributed by atoms with van der Waals surface area (Å²) in [7, 11) is 0. The second-order valence-electron chi connectivity index (χ2n) is 2.62. The van der Waals surface area contributed by atoms with Crippen LogP contribution < -0.4 is 0 Å². The van der Waals surface area contributed by atoms with Gasteiger partial charge >= 0.3 is 0 Å². The first-order valence-electron chi connectivity index (χ1n) is 4.35. The SMILES string of the molecule is C.C/C=C\C(C)CC.CCC. The first-order chi connectivity index (χ1) is 4.72. The van der Waals surface area contributed by atoms with Crippen LogP contribution in [-0.2, 0) is 0 Å². The van der Waals surface area contributed by atoms with Crippen molar-refractivity contribution in [2.24, 2.45) is 5.92 Å². The van der Waals surface area contributed by atoms with E-state index in [-0.39, 0.29) is 7.43 Å². The predicted octanol–water partition coefficient (Wildman–Crippen LogP) is 4.66. The van der Waals surface area contributed by atoms with Gasteiger partial charge in [-0.15, -0.1) is 0 Å². The Hall–Kier alpha value is -0.260. The molecule has 0 aliphatic heterocycles. The zero-order chi connectivity index (χ0) is 8.41. The van der Waals surface area contributed by atoms with Crippen LogP contribution in [0.1, 0.15) is 54.9 Å². The summed E-state index contributed by atoms with van der Waals surface area (Å²) in [5.41, 5.74) is 0. The molecule has 70 valence electrons. The number of hydrogen-bond donors (Lipinski definition) is 0. The molecule has 0 N–H and O–H groups in total. The van der Waals surface area contributed by atoms with E-state index >= 15 is 0 Å². The molecule has 1 atom stereocenters. The first-order valence-corrected chi connectivity index (χ1v) is 4.35. The van der Waals surface area contributed by atoms with Crippen LogP contribution in [0.25, 0.3) is 0 Å². The molecule has 0 bridgehead atoms. The summed E-state index contributed by atoms with van der Waals surface area (Å²) in [4.78, 5) is 0. The molecule has 0 rings (SSSR count). The van der Waals surface area contributed by atoms with Gasteiger partial charge in [0.1, 0.15) is 0 Å². The number of rotatable bonds is 2. The van der Waals surface area contributed by atoms with Crippen molar-refractivity contribution in [3.63, 3.8) is 0 Å². The fraction of sp³-hybridized carbons (Fsp3) is 0.818. The molecule has 0 heteroatoms. The molecule has 1 unspecified atom stereocenters. The van der Waals surface area contributed by atoms with Crippen molar-refractivity contribution >= 4 is 0 Å². The molecule has 0 aromatic rings. The van der Waals surface area contributed by atoms with Gasteiger partial charge in [-0.2, -0.15) is 0 Å². The Kier molecular flexibility index (Phi) is 25.3. The quantitative estimate of drug-likeness (QED) is 0.513. The monoisotopic (exact) mass is 158 g/mol. The molecule has 0 saturated heterocycles. The van der Waals surface area contributed by atoms with Crippen LogP contribution in [0.2, 0.25) is 0 Å². The summed E-state index contributed by atoms with van der Waals surface area (Å²) in [6, 6.07) is 0. The van der Waals surface area contributed by atoms with Gasteiger partial charge in [0, 0.05) is 0 Å². The summed E-state index contributed by atoms with van der Waals surface area (Å²) in [6.07, 6.45) is 6.83.